The lowest BCUT2D eigenvalue weighted by Crippen LogP contribution is -2.33. The van der Waals surface area contributed by atoms with E-state index in [2.05, 4.69) is 11.8 Å². The summed E-state index contributed by atoms with van der Waals surface area (Å²) in [4.78, 5) is 2.46. The highest BCUT2D eigenvalue weighted by molar-refractivity contribution is 7.80. The van der Waals surface area contributed by atoms with E-state index in [4.69, 9.17) is 22.7 Å². The van der Waals surface area contributed by atoms with Gasteiger partial charge in [0.05, 0.1) is 0 Å². The summed E-state index contributed by atoms with van der Waals surface area (Å²) < 4.78 is 5.57. The maximum absolute atomic E-state index is 9.94. The van der Waals surface area contributed by atoms with Crippen LogP contribution >= 0.6 is 12.2 Å². The number of nitrogens with two attached hydrogens (primary N) is 1. The van der Waals surface area contributed by atoms with Crippen molar-refractivity contribution in [3.63, 3.8) is 0 Å². The van der Waals surface area contributed by atoms with Crippen LogP contribution in [0, 0.1) is 0 Å². The molecule has 0 saturated carbocycles. The van der Waals surface area contributed by atoms with Gasteiger partial charge in [-0.1, -0.05) is 37.7 Å². The van der Waals surface area contributed by atoms with Gasteiger partial charge in [-0.05, 0) is 32.1 Å². The normalized spacial score (nSPS) is 12.4. The summed E-state index contributed by atoms with van der Waals surface area (Å²) >= 11 is 4.92. The molecule has 0 aliphatic carbocycles. The molecule has 1 rings (SSSR count). The Morgan fingerprint density at radius 3 is 2.90 bits per heavy atom. The van der Waals surface area contributed by atoms with E-state index < -0.39 is 6.10 Å². The third-order valence-corrected chi connectivity index (χ3v) is 3.21. The first-order valence-electron chi connectivity index (χ1n) is 6.92. The van der Waals surface area contributed by atoms with Crippen molar-refractivity contribution in [3.05, 3.63) is 29.8 Å². The third-order valence-electron chi connectivity index (χ3n) is 2.98. The highest BCUT2D eigenvalue weighted by Gasteiger charge is 2.09. The molecule has 0 saturated heterocycles. The first kappa shape index (κ1) is 16.9. The second kappa shape index (κ2) is 8.89. The molecule has 0 bridgehead atoms. The van der Waals surface area contributed by atoms with Crippen LogP contribution < -0.4 is 10.5 Å². The van der Waals surface area contributed by atoms with Crippen molar-refractivity contribution in [2.24, 2.45) is 5.73 Å². The van der Waals surface area contributed by atoms with Gasteiger partial charge in [0.15, 0.2) is 0 Å². The molecule has 0 fully saturated rings. The summed E-state index contributed by atoms with van der Waals surface area (Å²) in [5.41, 5.74) is 6.34. The summed E-state index contributed by atoms with van der Waals surface area (Å²) in [6.07, 6.45) is 1.79. The summed E-state index contributed by atoms with van der Waals surface area (Å²) in [6.45, 7) is 4.01. The monoisotopic (exact) mass is 296 g/mol. The number of hydrogen-bond donors (Lipinski definition) is 2. The lowest BCUT2D eigenvalue weighted by Gasteiger charge is -2.20. The van der Waals surface area contributed by atoms with Crippen LogP contribution in [-0.2, 0) is 0 Å². The van der Waals surface area contributed by atoms with E-state index >= 15 is 0 Å². The van der Waals surface area contributed by atoms with Crippen LogP contribution in [0.4, 0.5) is 0 Å². The van der Waals surface area contributed by atoms with Gasteiger partial charge in [0, 0.05) is 12.1 Å². The Bertz CT molecular complexity index is 426. The van der Waals surface area contributed by atoms with Crippen molar-refractivity contribution in [2.45, 2.75) is 25.9 Å². The summed E-state index contributed by atoms with van der Waals surface area (Å²) in [5, 5.41) is 9.94. The van der Waals surface area contributed by atoms with Crippen molar-refractivity contribution >= 4 is 17.2 Å². The van der Waals surface area contributed by atoms with Gasteiger partial charge in [0.2, 0.25) is 0 Å². The van der Waals surface area contributed by atoms with Gasteiger partial charge < -0.3 is 20.5 Å². The molecule has 1 unspecified atom stereocenters. The zero-order chi connectivity index (χ0) is 15.0. The molecule has 1 aromatic carbocycles. The molecule has 20 heavy (non-hydrogen) atoms. The predicted molar refractivity (Wildman–Crippen MR) is 86.2 cm³/mol. The molecule has 0 aliphatic heterocycles. The number of rotatable bonds is 9. The van der Waals surface area contributed by atoms with E-state index in [1.807, 2.05) is 25.2 Å². The average Bonchev–Trinajstić information content (AvgIpc) is 2.43. The summed E-state index contributed by atoms with van der Waals surface area (Å²) in [6, 6.07) is 7.29. The number of benzene rings is 1. The maximum Gasteiger partial charge on any atom is 0.120 e. The second-order valence-corrected chi connectivity index (χ2v) is 5.41. The molecule has 112 valence electrons. The van der Waals surface area contributed by atoms with Gasteiger partial charge in [-0.2, -0.15) is 0 Å². The van der Waals surface area contributed by atoms with Crippen molar-refractivity contribution < 1.29 is 9.84 Å². The number of unbranched alkanes of at least 4 members (excludes halogenated alkanes) is 1. The molecule has 0 aliphatic rings. The van der Waals surface area contributed by atoms with Gasteiger partial charge in [-0.25, -0.2) is 0 Å². The standard InChI is InChI=1S/C15H24N2O2S/c1-3-4-8-17(2)10-13(18)11-19-14-7-5-6-12(9-14)15(16)20/h5-7,9,13,18H,3-4,8,10-11H2,1-2H3,(H2,16,20). The second-order valence-electron chi connectivity index (χ2n) is 4.97. The fourth-order valence-corrected chi connectivity index (χ4v) is 1.99. The Morgan fingerprint density at radius 1 is 1.50 bits per heavy atom. The Hall–Kier alpha value is -1.17. The number of aliphatic hydroxyl groups is 1. The third kappa shape index (κ3) is 6.32. The van der Waals surface area contributed by atoms with Crippen molar-refractivity contribution in [1.82, 2.24) is 4.90 Å². The molecule has 0 spiro atoms. The Morgan fingerprint density at radius 2 is 2.25 bits per heavy atom. The SMILES string of the molecule is CCCCN(C)CC(O)COc1cccc(C(N)=S)c1. The number of thiocarbonyl (C=S) groups is 1. The molecule has 0 radical (unpaired) electrons. The highest BCUT2D eigenvalue weighted by Crippen LogP contribution is 2.13. The fraction of sp³-hybridized carbons (Fsp3) is 0.533. The Kier molecular flexibility index (Phi) is 7.51. The minimum absolute atomic E-state index is 0.261. The van der Waals surface area contributed by atoms with Gasteiger partial charge in [0.25, 0.3) is 0 Å². The largest absolute Gasteiger partial charge is 0.491 e. The van der Waals surface area contributed by atoms with Crippen molar-refractivity contribution in [1.29, 1.82) is 0 Å². The smallest absolute Gasteiger partial charge is 0.120 e. The Balaban J connectivity index is 2.38. The summed E-state index contributed by atoms with van der Waals surface area (Å²) in [5.74, 6) is 0.672. The molecule has 3 N–H and O–H groups in total. The van der Waals surface area contributed by atoms with Crippen LogP contribution in [0.1, 0.15) is 25.3 Å². The van der Waals surface area contributed by atoms with E-state index in [1.54, 1.807) is 6.07 Å². The predicted octanol–water partition coefficient (Wildman–Crippen LogP) is 1.79. The van der Waals surface area contributed by atoms with Gasteiger partial charge in [-0.15, -0.1) is 0 Å². The Labute approximate surface area is 126 Å². The van der Waals surface area contributed by atoms with Crippen LogP contribution in [-0.4, -0.2) is 47.8 Å². The minimum atomic E-state index is -0.509. The van der Waals surface area contributed by atoms with Crippen molar-refractivity contribution in [2.75, 3.05) is 26.7 Å². The highest BCUT2D eigenvalue weighted by atomic mass is 32.1. The van der Waals surface area contributed by atoms with E-state index in [-0.39, 0.29) is 6.61 Å². The number of likely N-dealkylation sites (N-methyl/N-ethyl adjacent to an activating group) is 1. The van der Waals surface area contributed by atoms with Crippen LogP contribution in [0.25, 0.3) is 0 Å². The van der Waals surface area contributed by atoms with Gasteiger partial charge in [-0.3, -0.25) is 0 Å². The van der Waals surface area contributed by atoms with E-state index in [0.29, 0.717) is 17.3 Å². The van der Waals surface area contributed by atoms with Crippen LogP contribution in [0.2, 0.25) is 0 Å². The van der Waals surface area contributed by atoms with Crippen LogP contribution in [0.15, 0.2) is 24.3 Å². The lowest BCUT2D eigenvalue weighted by atomic mass is 10.2. The van der Waals surface area contributed by atoms with E-state index in [0.717, 1.165) is 24.9 Å². The number of nitrogens with zero attached hydrogens (tertiary/aromatic N) is 1. The molecular weight excluding hydrogens is 272 g/mol. The molecule has 1 aromatic rings. The topological polar surface area (TPSA) is 58.7 Å². The minimum Gasteiger partial charge on any atom is -0.491 e. The number of ether oxygens (including phenoxy) is 1. The van der Waals surface area contributed by atoms with E-state index in [9.17, 15) is 5.11 Å². The maximum atomic E-state index is 9.94. The lowest BCUT2D eigenvalue weighted by molar-refractivity contribution is 0.0760. The van der Waals surface area contributed by atoms with E-state index in [1.165, 1.54) is 0 Å². The number of hydrogen-bond acceptors (Lipinski definition) is 4. The molecule has 1 atom stereocenters. The molecule has 4 nitrogen and oxygen atoms in total. The summed E-state index contributed by atoms with van der Waals surface area (Å²) in [7, 11) is 2.01. The van der Waals surface area contributed by atoms with Crippen LogP contribution in [0.3, 0.4) is 0 Å². The van der Waals surface area contributed by atoms with Gasteiger partial charge >= 0.3 is 0 Å². The molecule has 5 heteroatoms. The molecule has 0 amide bonds. The molecule has 0 aromatic heterocycles. The zero-order valence-corrected chi connectivity index (χ0v) is 13.0. The number of aliphatic hydroxyl groups excluding tert-OH is 1. The van der Waals surface area contributed by atoms with Gasteiger partial charge in [0.1, 0.15) is 23.4 Å². The van der Waals surface area contributed by atoms with Crippen molar-refractivity contribution in [3.8, 4) is 5.75 Å². The fourth-order valence-electron chi connectivity index (χ4n) is 1.86. The van der Waals surface area contributed by atoms with Crippen LogP contribution in [0.5, 0.6) is 5.75 Å². The average molecular weight is 296 g/mol. The first-order valence-corrected chi connectivity index (χ1v) is 7.33. The molecule has 0 heterocycles. The molecular formula is C15H24N2O2S. The zero-order valence-electron chi connectivity index (χ0n) is 12.2. The first-order chi connectivity index (χ1) is 9.52. The quantitative estimate of drug-likeness (QED) is 0.680.